The number of benzene rings is 2. The van der Waals surface area contributed by atoms with Crippen LogP contribution in [0.4, 0.5) is 0 Å². The van der Waals surface area contributed by atoms with Crippen LogP contribution in [0.5, 0.6) is 0 Å². The van der Waals surface area contributed by atoms with E-state index in [1.165, 1.54) is 5.56 Å². The van der Waals surface area contributed by atoms with Gasteiger partial charge < -0.3 is 5.11 Å². The van der Waals surface area contributed by atoms with Gasteiger partial charge in [0.05, 0.1) is 11.4 Å². The van der Waals surface area contributed by atoms with E-state index in [2.05, 4.69) is 29.3 Å². The number of fused-ring (bicyclic) bond motifs is 1. The Morgan fingerprint density at radius 3 is 2.52 bits per heavy atom. The maximum absolute atomic E-state index is 11.5. The van der Waals surface area contributed by atoms with Crippen LogP contribution >= 0.6 is 11.8 Å². The lowest BCUT2D eigenvalue weighted by Crippen LogP contribution is -2.28. The van der Waals surface area contributed by atoms with Crippen molar-refractivity contribution in [2.75, 3.05) is 0 Å². The third kappa shape index (κ3) is 3.16. The van der Waals surface area contributed by atoms with E-state index in [4.69, 9.17) is 7.85 Å². The van der Waals surface area contributed by atoms with E-state index in [1.54, 1.807) is 18.4 Å². The zero-order valence-corrected chi connectivity index (χ0v) is 15.2. The second-order valence-electron chi connectivity index (χ2n) is 6.24. The van der Waals surface area contributed by atoms with Crippen LogP contribution in [-0.4, -0.2) is 38.4 Å². The maximum Gasteiger partial charge on any atom is 0.319 e. The Morgan fingerprint density at radius 1 is 1.20 bits per heavy atom. The lowest BCUT2D eigenvalue weighted by atomic mass is 10.0. The van der Waals surface area contributed by atoms with Crippen molar-refractivity contribution >= 4 is 42.1 Å². The van der Waals surface area contributed by atoms with Gasteiger partial charge in [0.1, 0.15) is 4.75 Å². The standard InChI is InChI=1S/C18H18BN3O2S/c1-4-11-9-10-14(13-8-6-5-7-12(11)13)22-16(19)20-21-17(22)25-18(2,3)15(23)24/h5-10H,4H2,1-3H3,(H,23,24). The fraction of sp³-hybridized carbons (Fsp3) is 0.278. The van der Waals surface area contributed by atoms with Crippen molar-refractivity contribution in [2.45, 2.75) is 37.1 Å². The number of carboxylic acid groups (broad SMARTS) is 1. The Morgan fingerprint density at radius 2 is 1.88 bits per heavy atom. The number of aromatic nitrogens is 3. The molecule has 0 aliphatic rings. The molecular formula is C18H18BN3O2S. The first-order valence-corrected chi connectivity index (χ1v) is 8.81. The number of carboxylic acids is 1. The molecule has 126 valence electrons. The third-order valence-electron chi connectivity index (χ3n) is 4.13. The summed E-state index contributed by atoms with van der Waals surface area (Å²) in [7, 11) is 6.06. The molecule has 0 unspecified atom stereocenters. The Hall–Kier alpha value is -2.28. The van der Waals surface area contributed by atoms with Gasteiger partial charge in [-0.05, 0) is 37.3 Å². The van der Waals surface area contributed by atoms with E-state index < -0.39 is 10.7 Å². The molecule has 0 fully saturated rings. The molecule has 0 amide bonds. The summed E-state index contributed by atoms with van der Waals surface area (Å²) in [5.41, 5.74) is 2.32. The van der Waals surface area contributed by atoms with Gasteiger partial charge in [0, 0.05) is 5.39 Å². The number of carbonyl (C=O) groups is 1. The van der Waals surface area contributed by atoms with Crippen molar-refractivity contribution in [2.24, 2.45) is 0 Å². The number of rotatable bonds is 5. The van der Waals surface area contributed by atoms with Crippen LogP contribution in [0.3, 0.4) is 0 Å². The summed E-state index contributed by atoms with van der Waals surface area (Å²) >= 11 is 1.12. The minimum atomic E-state index is -1.05. The predicted octanol–water partition coefficient (Wildman–Crippen LogP) is 2.73. The molecule has 1 aromatic heterocycles. The van der Waals surface area contributed by atoms with E-state index >= 15 is 0 Å². The van der Waals surface area contributed by atoms with Gasteiger partial charge in [-0.15, -0.1) is 10.2 Å². The topological polar surface area (TPSA) is 68.0 Å². The highest BCUT2D eigenvalue weighted by Crippen LogP contribution is 2.34. The van der Waals surface area contributed by atoms with Crippen LogP contribution in [0, 0.1) is 0 Å². The van der Waals surface area contributed by atoms with Crippen LogP contribution in [0.2, 0.25) is 0 Å². The van der Waals surface area contributed by atoms with Gasteiger partial charge in [-0.2, -0.15) is 0 Å². The summed E-state index contributed by atoms with van der Waals surface area (Å²) in [6.45, 7) is 5.38. The van der Waals surface area contributed by atoms with Gasteiger partial charge in [0.15, 0.2) is 13.0 Å². The Labute approximate surface area is 151 Å². The lowest BCUT2D eigenvalue weighted by Gasteiger charge is -2.19. The van der Waals surface area contributed by atoms with Gasteiger partial charge in [-0.1, -0.05) is 49.0 Å². The molecule has 0 bridgehead atoms. The average Bonchev–Trinajstić information content (AvgIpc) is 2.93. The lowest BCUT2D eigenvalue weighted by molar-refractivity contribution is -0.138. The average molecular weight is 351 g/mol. The summed E-state index contributed by atoms with van der Waals surface area (Å²) in [6.07, 6.45) is 0.923. The molecule has 0 saturated heterocycles. The largest absolute Gasteiger partial charge is 0.480 e. The van der Waals surface area contributed by atoms with Gasteiger partial charge >= 0.3 is 5.97 Å². The molecule has 0 spiro atoms. The van der Waals surface area contributed by atoms with Gasteiger partial charge in [0.25, 0.3) is 0 Å². The predicted molar refractivity (Wildman–Crippen MR) is 101 cm³/mol. The highest BCUT2D eigenvalue weighted by molar-refractivity contribution is 8.01. The fourth-order valence-electron chi connectivity index (χ4n) is 2.69. The SMILES string of the molecule is [B]c1nnc(SC(C)(C)C(=O)O)n1-c1ccc(CC)c2ccccc12. The second kappa shape index (κ2) is 6.56. The zero-order chi connectivity index (χ0) is 18.2. The van der Waals surface area contributed by atoms with Crippen molar-refractivity contribution in [3.8, 4) is 5.69 Å². The number of aliphatic carboxylic acids is 1. The highest BCUT2D eigenvalue weighted by Gasteiger charge is 2.31. The first-order valence-electron chi connectivity index (χ1n) is 7.99. The minimum Gasteiger partial charge on any atom is -0.480 e. The Bertz CT molecular complexity index is 953. The molecule has 3 rings (SSSR count). The molecule has 2 radical (unpaired) electrons. The first kappa shape index (κ1) is 17.5. The van der Waals surface area contributed by atoms with Gasteiger partial charge in [-0.3, -0.25) is 9.36 Å². The van der Waals surface area contributed by atoms with Crippen LogP contribution in [0.15, 0.2) is 41.6 Å². The summed E-state index contributed by atoms with van der Waals surface area (Å²) < 4.78 is 0.674. The molecule has 0 aliphatic heterocycles. The number of thioether (sulfide) groups is 1. The Balaban J connectivity index is 2.20. The van der Waals surface area contributed by atoms with Crippen molar-refractivity contribution in [1.29, 1.82) is 0 Å². The molecular weight excluding hydrogens is 333 g/mol. The summed E-state index contributed by atoms with van der Waals surface area (Å²) in [6, 6.07) is 12.1. The molecule has 0 atom stereocenters. The molecule has 0 aliphatic carbocycles. The zero-order valence-electron chi connectivity index (χ0n) is 14.4. The van der Waals surface area contributed by atoms with E-state index in [1.807, 2.05) is 24.3 Å². The number of nitrogens with zero attached hydrogens (tertiary/aromatic N) is 3. The molecule has 1 N–H and O–H groups in total. The van der Waals surface area contributed by atoms with Crippen LogP contribution in [0.25, 0.3) is 16.5 Å². The smallest absolute Gasteiger partial charge is 0.319 e. The van der Waals surface area contributed by atoms with Gasteiger partial charge in [0.2, 0.25) is 0 Å². The van der Waals surface area contributed by atoms with Gasteiger partial charge in [-0.25, -0.2) is 0 Å². The van der Waals surface area contributed by atoms with Crippen molar-refractivity contribution in [3.05, 3.63) is 42.0 Å². The highest BCUT2D eigenvalue weighted by atomic mass is 32.2. The summed E-state index contributed by atoms with van der Waals surface area (Å²) in [4.78, 5) is 11.5. The monoisotopic (exact) mass is 351 g/mol. The molecule has 7 heteroatoms. The van der Waals surface area contributed by atoms with Crippen molar-refractivity contribution in [1.82, 2.24) is 14.8 Å². The van der Waals surface area contributed by atoms with Crippen LogP contribution < -0.4 is 5.72 Å². The van der Waals surface area contributed by atoms with E-state index in [0.717, 1.165) is 34.6 Å². The van der Waals surface area contributed by atoms with Crippen LogP contribution in [-0.2, 0) is 11.2 Å². The normalized spacial score (nSPS) is 11.8. The molecule has 0 saturated carbocycles. The van der Waals surface area contributed by atoms with E-state index in [-0.39, 0.29) is 5.72 Å². The maximum atomic E-state index is 11.5. The third-order valence-corrected chi connectivity index (χ3v) is 5.26. The molecule has 5 nitrogen and oxygen atoms in total. The second-order valence-corrected chi connectivity index (χ2v) is 7.83. The molecule has 25 heavy (non-hydrogen) atoms. The van der Waals surface area contributed by atoms with E-state index in [9.17, 15) is 9.90 Å². The number of aryl methyl sites for hydroxylation is 1. The van der Waals surface area contributed by atoms with Crippen molar-refractivity contribution in [3.63, 3.8) is 0 Å². The number of hydrogen-bond acceptors (Lipinski definition) is 4. The fourth-order valence-corrected chi connectivity index (χ4v) is 3.60. The molecule has 2 aromatic carbocycles. The van der Waals surface area contributed by atoms with Crippen LogP contribution in [0.1, 0.15) is 26.3 Å². The molecule has 3 aromatic rings. The number of hydrogen-bond donors (Lipinski definition) is 1. The Kier molecular flexibility index (Phi) is 4.60. The first-order chi connectivity index (χ1) is 11.8. The molecule has 1 heterocycles. The minimum absolute atomic E-state index is 0.234. The van der Waals surface area contributed by atoms with E-state index in [0.29, 0.717) is 5.16 Å². The summed E-state index contributed by atoms with van der Waals surface area (Å²) in [5.74, 6) is -0.920. The van der Waals surface area contributed by atoms with Crippen molar-refractivity contribution < 1.29 is 9.90 Å². The summed E-state index contributed by atoms with van der Waals surface area (Å²) in [5, 5.41) is 20.1. The quantitative estimate of drug-likeness (QED) is 0.566.